The minimum atomic E-state index is -0.0641. The van der Waals surface area contributed by atoms with Crippen molar-refractivity contribution < 1.29 is 0 Å². The van der Waals surface area contributed by atoms with Crippen LogP contribution in [0.2, 0.25) is 0 Å². The van der Waals surface area contributed by atoms with Gasteiger partial charge in [0.25, 0.3) is 5.56 Å². The molecule has 98 valence electrons. The lowest BCUT2D eigenvalue weighted by molar-refractivity contribution is 1.00. The van der Waals surface area contributed by atoms with E-state index in [1.165, 1.54) is 11.3 Å². The van der Waals surface area contributed by atoms with Crippen LogP contribution in [0.25, 0.3) is 4.96 Å². The van der Waals surface area contributed by atoms with Crippen LogP contribution in [0.1, 0.15) is 21.7 Å². The fourth-order valence-electron chi connectivity index (χ4n) is 2.11. The molecule has 0 aliphatic carbocycles. The molecular formula is C15H11N3OS. The van der Waals surface area contributed by atoms with Crippen LogP contribution in [0, 0.1) is 18.3 Å². The molecule has 0 amide bonds. The Morgan fingerprint density at radius 1 is 1.40 bits per heavy atom. The molecule has 0 aliphatic rings. The van der Waals surface area contributed by atoms with Gasteiger partial charge in [0.05, 0.1) is 17.3 Å². The van der Waals surface area contributed by atoms with Crippen LogP contribution in [0.5, 0.6) is 0 Å². The maximum atomic E-state index is 12.0. The van der Waals surface area contributed by atoms with Gasteiger partial charge in [-0.15, -0.1) is 11.3 Å². The second-order valence-electron chi connectivity index (χ2n) is 4.57. The smallest absolute Gasteiger partial charge is 0.258 e. The topological polar surface area (TPSA) is 58.2 Å². The minimum absolute atomic E-state index is 0.0641. The molecule has 0 unspecified atom stereocenters. The van der Waals surface area contributed by atoms with Crippen molar-refractivity contribution in [2.45, 2.75) is 13.3 Å². The number of hydrogen-bond acceptors (Lipinski definition) is 4. The molecule has 0 fully saturated rings. The fourth-order valence-corrected chi connectivity index (χ4v) is 2.96. The number of benzene rings is 1. The highest BCUT2D eigenvalue weighted by atomic mass is 32.1. The summed E-state index contributed by atoms with van der Waals surface area (Å²) in [4.78, 5) is 18.3. The summed E-state index contributed by atoms with van der Waals surface area (Å²) < 4.78 is 1.56. The van der Waals surface area contributed by atoms with Crippen molar-refractivity contribution in [1.82, 2.24) is 9.38 Å². The van der Waals surface area contributed by atoms with E-state index in [0.717, 1.165) is 16.1 Å². The molecule has 1 aromatic carbocycles. The van der Waals surface area contributed by atoms with Crippen LogP contribution < -0.4 is 5.56 Å². The van der Waals surface area contributed by atoms with Gasteiger partial charge in [0.2, 0.25) is 0 Å². The van der Waals surface area contributed by atoms with Crippen molar-refractivity contribution >= 4 is 16.3 Å². The normalized spacial score (nSPS) is 10.6. The minimum Gasteiger partial charge on any atom is -0.269 e. The van der Waals surface area contributed by atoms with Crippen LogP contribution in [0.4, 0.5) is 0 Å². The molecule has 0 atom stereocenters. The Bertz CT molecular complexity index is 886. The average Bonchev–Trinajstić information content (AvgIpc) is 2.80. The molecular weight excluding hydrogens is 270 g/mol. The standard InChI is InChI=1S/C15H11N3OS/c1-10-9-18-14(19)7-13(17-15(18)20-10)6-11-3-2-4-12(5-11)8-16/h2-5,7,9H,6H2,1H3. The van der Waals surface area contributed by atoms with Crippen molar-refractivity contribution in [3.05, 3.63) is 68.6 Å². The second kappa shape index (κ2) is 4.91. The molecule has 0 aliphatic heterocycles. The van der Waals surface area contributed by atoms with Gasteiger partial charge in [0, 0.05) is 23.6 Å². The number of aromatic nitrogens is 2. The quantitative estimate of drug-likeness (QED) is 0.725. The summed E-state index contributed by atoms with van der Waals surface area (Å²) in [6, 6.07) is 11.0. The number of fused-ring (bicyclic) bond motifs is 1. The van der Waals surface area contributed by atoms with E-state index >= 15 is 0 Å². The van der Waals surface area contributed by atoms with Crippen LogP contribution in [-0.2, 0) is 6.42 Å². The third kappa shape index (κ3) is 2.33. The maximum absolute atomic E-state index is 12.0. The molecule has 2 aromatic heterocycles. The monoisotopic (exact) mass is 281 g/mol. The number of nitriles is 1. The molecule has 0 radical (unpaired) electrons. The van der Waals surface area contributed by atoms with Crippen LogP contribution in [0.3, 0.4) is 0 Å². The summed E-state index contributed by atoms with van der Waals surface area (Å²) in [6.07, 6.45) is 2.35. The Hall–Kier alpha value is -2.45. The molecule has 0 bridgehead atoms. The molecule has 2 heterocycles. The summed E-state index contributed by atoms with van der Waals surface area (Å²) in [7, 11) is 0. The largest absolute Gasteiger partial charge is 0.269 e. The summed E-state index contributed by atoms with van der Waals surface area (Å²) in [5.74, 6) is 0. The van der Waals surface area contributed by atoms with E-state index in [-0.39, 0.29) is 5.56 Å². The molecule has 4 nitrogen and oxygen atoms in total. The Morgan fingerprint density at radius 2 is 2.25 bits per heavy atom. The Balaban J connectivity index is 2.02. The lowest BCUT2D eigenvalue weighted by Crippen LogP contribution is -2.13. The zero-order valence-corrected chi connectivity index (χ0v) is 11.6. The van der Waals surface area contributed by atoms with E-state index in [1.807, 2.05) is 25.1 Å². The number of nitrogens with zero attached hydrogens (tertiary/aromatic N) is 3. The highest BCUT2D eigenvalue weighted by molar-refractivity contribution is 7.16. The van der Waals surface area contributed by atoms with E-state index in [1.54, 1.807) is 22.7 Å². The Morgan fingerprint density at radius 3 is 3.05 bits per heavy atom. The predicted molar refractivity (Wildman–Crippen MR) is 78.0 cm³/mol. The molecule has 0 N–H and O–H groups in total. The lowest BCUT2D eigenvalue weighted by Gasteiger charge is -2.02. The Labute approximate surface area is 119 Å². The molecule has 3 rings (SSSR count). The van der Waals surface area contributed by atoms with E-state index in [2.05, 4.69) is 11.1 Å². The van der Waals surface area contributed by atoms with Crippen LogP contribution >= 0.6 is 11.3 Å². The molecule has 0 saturated carbocycles. The molecule has 5 heteroatoms. The van der Waals surface area contributed by atoms with Gasteiger partial charge in [-0.05, 0) is 24.6 Å². The third-order valence-corrected chi connectivity index (χ3v) is 3.88. The van der Waals surface area contributed by atoms with Gasteiger partial charge >= 0.3 is 0 Å². The van der Waals surface area contributed by atoms with Gasteiger partial charge in [-0.3, -0.25) is 9.20 Å². The summed E-state index contributed by atoms with van der Waals surface area (Å²) in [5.41, 5.74) is 2.26. The number of rotatable bonds is 2. The molecule has 3 aromatic rings. The fraction of sp³-hybridized carbons (Fsp3) is 0.133. The van der Waals surface area contributed by atoms with E-state index in [4.69, 9.17) is 5.26 Å². The summed E-state index contributed by atoms with van der Waals surface area (Å²) >= 11 is 1.50. The first-order valence-electron chi connectivity index (χ1n) is 6.13. The van der Waals surface area contributed by atoms with Gasteiger partial charge in [0.15, 0.2) is 4.96 Å². The van der Waals surface area contributed by atoms with Crippen molar-refractivity contribution in [1.29, 1.82) is 5.26 Å². The summed E-state index contributed by atoms with van der Waals surface area (Å²) in [6.45, 7) is 1.95. The van der Waals surface area contributed by atoms with Crippen molar-refractivity contribution in [2.75, 3.05) is 0 Å². The second-order valence-corrected chi connectivity index (χ2v) is 5.78. The maximum Gasteiger partial charge on any atom is 0.258 e. The highest BCUT2D eigenvalue weighted by Crippen LogP contribution is 2.15. The van der Waals surface area contributed by atoms with E-state index in [9.17, 15) is 4.79 Å². The lowest BCUT2D eigenvalue weighted by atomic mass is 10.1. The summed E-state index contributed by atoms with van der Waals surface area (Å²) in [5, 5.41) is 8.90. The zero-order valence-electron chi connectivity index (χ0n) is 10.8. The number of thiazole rings is 1. The van der Waals surface area contributed by atoms with E-state index < -0.39 is 0 Å². The third-order valence-electron chi connectivity index (χ3n) is 2.98. The van der Waals surface area contributed by atoms with Crippen LogP contribution in [0.15, 0.2) is 41.3 Å². The first-order chi connectivity index (χ1) is 9.65. The predicted octanol–water partition coefficient (Wildman–Crippen LogP) is 2.53. The zero-order chi connectivity index (χ0) is 14.1. The number of aryl methyl sites for hydroxylation is 1. The van der Waals surface area contributed by atoms with Gasteiger partial charge in [-0.2, -0.15) is 5.26 Å². The Kier molecular flexibility index (Phi) is 3.09. The van der Waals surface area contributed by atoms with Gasteiger partial charge in [-0.1, -0.05) is 12.1 Å². The highest BCUT2D eigenvalue weighted by Gasteiger charge is 2.06. The van der Waals surface area contributed by atoms with Gasteiger partial charge < -0.3 is 0 Å². The van der Waals surface area contributed by atoms with Gasteiger partial charge in [0.1, 0.15) is 0 Å². The first-order valence-corrected chi connectivity index (χ1v) is 6.95. The average molecular weight is 281 g/mol. The molecule has 20 heavy (non-hydrogen) atoms. The van der Waals surface area contributed by atoms with Crippen molar-refractivity contribution in [3.8, 4) is 6.07 Å². The number of hydrogen-bond donors (Lipinski definition) is 0. The van der Waals surface area contributed by atoms with E-state index in [0.29, 0.717) is 16.9 Å². The molecule has 0 saturated heterocycles. The molecule has 0 spiro atoms. The van der Waals surface area contributed by atoms with Crippen LogP contribution in [-0.4, -0.2) is 9.38 Å². The van der Waals surface area contributed by atoms with Gasteiger partial charge in [-0.25, -0.2) is 4.98 Å². The first kappa shape index (κ1) is 12.6. The van der Waals surface area contributed by atoms with Crippen molar-refractivity contribution in [3.63, 3.8) is 0 Å². The van der Waals surface area contributed by atoms with Crippen molar-refractivity contribution in [2.24, 2.45) is 0 Å². The SMILES string of the molecule is Cc1cn2c(=O)cc(Cc3cccc(C#N)c3)nc2s1.